The van der Waals surface area contributed by atoms with Crippen LogP contribution in [0.1, 0.15) is 37.3 Å². The third kappa shape index (κ3) is 9.02. The van der Waals surface area contributed by atoms with E-state index in [0.717, 1.165) is 5.56 Å². The summed E-state index contributed by atoms with van der Waals surface area (Å²) < 4.78 is 59.7. The van der Waals surface area contributed by atoms with Crippen LogP contribution in [0.15, 0.2) is 53.4 Å². The van der Waals surface area contributed by atoms with Crippen molar-refractivity contribution in [1.29, 1.82) is 0 Å². The quantitative estimate of drug-likeness (QED) is 0.164. The van der Waals surface area contributed by atoms with Crippen molar-refractivity contribution in [2.45, 2.75) is 49.8 Å². The molecule has 0 saturated heterocycles. The van der Waals surface area contributed by atoms with Crippen molar-refractivity contribution in [2.24, 2.45) is 0 Å². The molecule has 0 aromatic heterocycles. The second kappa shape index (κ2) is 12.7. The lowest BCUT2D eigenvalue weighted by molar-refractivity contribution is -0.385. The zero-order valence-electron chi connectivity index (χ0n) is 19.5. The molecule has 13 heteroatoms. The van der Waals surface area contributed by atoms with Gasteiger partial charge in [-0.3, -0.25) is 14.9 Å². The summed E-state index contributed by atoms with van der Waals surface area (Å²) in [6.07, 6.45) is 0.710. The number of carbonyl (C=O) groups is 1. The van der Waals surface area contributed by atoms with Crippen LogP contribution >= 0.6 is 0 Å². The molecule has 11 nitrogen and oxygen atoms in total. The maximum Gasteiger partial charge on any atom is 0.324 e. The summed E-state index contributed by atoms with van der Waals surface area (Å²) in [6.45, 7) is 3.56. The third-order valence-corrected chi connectivity index (χ3v) is 7.78. The maximum atomic E-state index is 12.7. The number of nitro benzene ring substituents is 1. The molecule has 2 N–H and O–H groups in total. The first-order chi connectivity index (χ1) is 16.4. The van der Waals surface area contributed by atoms with Crippen LogP contribution in [0.3, 0.4) is 0 Å². The summed E-state index contributed by atoms with van der Waals surface area (Å²) >= 11 is 0. The fourth-order valence-electron chi connectivity index (χ4n) is 3.22. The van der Waals surface area contributed by atoms with Gasteiger partial charge in [-0.2, -0.15) is 0 Å². The Hall–Kier alpha value is -2.87. The van der Waals surface area contributed by atoms with E-state index in [1.54, 1.807) is 19.1 Å². The van der Waals surface area contributed by atoms with Gasteiger partial charge in [-0.25, -0.2) is 26.3 Å². The van der Waals surface area contributed by atoms with Crippen molar-refractivity contribution in [1.82, 2.24) is 9.44 Å². The van der Waals surface area contributed by atoms with Crippen molar-refractivity contribution < 1.29 is 31.3 Å². The van der Waals surface area contributed by atoms with Gasteiger partial charge in [0.05, 0.1) is 22.2 Å². The molecule has 0 radical (unpaired) electrons. The molecule has 2 aromatic rings. The van der Waals surface area contributed by atoms with Gasteiger partial charge in [0.1, 0.15) is 6.04 Å². The van der Waals surface area contributed by atoms with Crippen LogP contribution in [0, 0.1) is 17.0 Å². The highest BCUT2D eigenvalue weighted by Gasteiger charge is 2.27. The third-order valence-electron chi connectivity index (χ3n) is 4.97. The second-order valence-electron chi connectivity index (χ2n) is 7.77. The average molecular weight is 528 g/mol. The average Bonchev–Trinajstić information content (AvgIpc) is 2.78. The van der Waals surface area contributed by atoms with Crippen LogP contribution in [-0.2, 0) is 35.3 Å². The number of para-hydroxylation sites is 1. The van der Waals surface area contributed by atoms with Crippen LogP contribution in [0.2, 0.25) is 0 Å². The summed E-state index contributed by atoms with van der Waals surface area (Å²) in [5.41, 5.74) is 0.572. The predicted molar refractivity (Wildman–Crippen MR) is 129 cm³/mol. The van der Waals surface area contributed by atoms with Crippen molar-refractivity contribution >= 4 is 31.7 Å². The van der Waals surface area contributed by atoms with Crippen molar-refractivity contribution in [2.75, 3.05) is 13.2 Å². The molecule has 0 heterocycles. The van der Waals surface area contributed by atoms with Crippen molar-refractivity contribution in [3.63, 3.8) is 0 Å². The molecule has 0 fully saturated rings. The molecule has 2 rings (SSSR count). The Balaban J connectivity index is 1.97. The summed E-state index contributed by atoms with van der Waals surface area (Å²) in [6, 6.07) is 10.6. The van der Waals surface area contributed by atoms with E-state index >= 15 is 0 Å². The van der Waals surface area contributed by atoms with Gasteiger partial charge in [0, 0.05) is 18.2 Å². The first-order valence-electron chi connectivity index (χ1n) is 10.9. The van der Waals surface area contributed by atoms with E-state index in [0.29, 0.717) is 12.8 Å². The minimum absolute atomic E-state index is 0.0156. The Labute approximate surface area is 205 Å². The molecule has 192 valence electrons. The SMILES string of the molecule is CCOC(=O)C(CCCCNS(=O)(=O)c1ccc(C)cc1)NS(=O)(=O)Cc1ccccc1[N+](=O)[O-]. The molecule has 1 unspecified atom stereocenters. The number of nitrogens with one attached hydrogen (secondary N) is 2. The highest BCUT2D eigenvalue weighted by molar-refractivity contribution is 7.89. The van der Waals surface area contributed by atoms with Gasteiger partial charge in [0.15, 0.2) is 0 Å². The van der Waals surface area contributed by atoms with Crippen LogP contribution in [0.25, 0.3) is 0 Å². The molecule has 0 saturated carbocycles. The van der Waals surface area contributed by atoms with Crippen LogP contribution < -0.4 is 9.44 Å². The van der Waals surface area contributed by atoms with Gasteiger partial charge in [0.25, 0.3) is 5.69 Å². The number of ether oxygens (including phenoxy) is 1. The number of aryl methyl sites for hydroxylation is 1. The van der Waals surface area contributed by atoms with E-state index in [4.69, 9.17) is 4.74 Å². The normalized spacial score (nSPS) is 12.7. The molecule has 0 spiro atoms. The maximum absolute atomic E-state index is 12.7. The van der Waals surface area contributed by atoms with E-state index in [-0.39, 0.29) is 35.7 Å². The Morgan fingerprint density at radius 3 is 2.34 bits per heavy atom. The van der Waals surface area contributed by atoms with Gasteiger partial charge in [-0.05, 0) is 45.2 Å². The molecule has 0 aliphatic carbocycles. The standard InChI is InChI=1S/C22H29N3O8S2/c1-3-33-22(26)20(24-34(29,30)16-18-8-4-5-10-21(18)25(27)28)9-6-7-15-23-35(31,32)19-13-11-17(2)12-14-19/h4-5,8,10-14,20,23-24H,3,6-7,9,15-16H2,1-2H3. The summed E-state index contributed by atoms with van der Waals surface area (Å²) in [5.74, 6) is -1.46. The molecule has 0 aliphatic rings. The number of rotatable bonds is 14. The first kappa shape index (κ1) is 28.4. The summed E-state index contributed by atoms with van der Waals surface area (Å²) in [7, 11) is -7.81. The number of nitrogens with zero attached hydrogens (tertiary/aromatic N) is 1. The summed E-state index contributed by atoms with van der Waals surface area (Å²) in [4.78, 5) is 22.9. The fourth-order valence-corrected chi connectivity index (χ4v) is 5.68. The highest BCUT2D eigenvalue weighted by Crippen LogP contribution is 2.20. The van der Waals surface area contributed by atoms with Crippen LogP contribution in [0.5, 0.6) is 0 Å². The topological polar surface area (TPSA) is 162 Å². The van der Waals surface area contributed by atoms with Gasteiger partial charge >= 0.3 is 5.97 Å². The van der Waals surface area contributed by atoms with Gasteiger partial charge in [0.2, 0.25) is 20.0 Å². The molecular formula is C22H29N3O8S2. The molecule has 0 amide bonds. The number of carbonyl (C=O) groups excluding carboxylic acids is 1. The Morgan fingerprint density at radius 2 is 1.71 bits per heavy atom. The van der Waals surface area contributed by atoms with E-state index in [1.807, 2.05) is 6.92 Å². The van der Waals surface area contributed by atoms with Gasteiger partial charge in [-0.1, -0.05) is 35.9 Å². The van der Waals surface area contributed by atoms with E-state index in [2.05, 4.69) is 9.44 Å². The zero-order valence-corrected chi connectivity index (χ0v) is 21.1. The monoisotopic (exact) mass is 527 g/mol. The first-order valence-corrected chi connectivity index (χ1v) is 14.0. The minimum atomic E-state index is -4.13. The highest BCUT2D eigenvalue weighted by atomic mass is 32.2. The van der Waals surface area contributed by atoms with E-state index < -0.39 is 42.7 Å². The number of nitro groups is 1. The Morgan fingerprint density at radius 1 is 1.06 bits per heavy atom. The second-order valence-corrected chi connectivity index (χ2v) is 11.3. The summed E-state index contributed by atoms with van der Waals surface area (Å²) in [5, 5.41) is 11.2. The van der Waals surface area contributed by atoms with Crippen LogP contribution in [-0.4, -0.2) is 46.9 Å². The smallest absolute Gasteiger partial charge is 0.324 e. The lowest BCUT2D eigenvalue weighted by Crippen LogP contribution is -2.42. The molecule has 2 aromatic carbocycles. The molecule has 0 aliphatic heterocycles. The van der Waals surface area contributed by atoms with Gasteiger partial charge < -0.3 is 4.74 Å². The zero-order chi connectivity index (χ0) is 26.1. The predicted octanol–water partition coefficient (Wildman–Crippen LogP) is 2.40. The number of hydrogen-bond acceptors (Lipinski definition) is 8. The fraction of sp³-hybridized carbons (Fsp3) is 0.409. The minimum Gasteiger partial charge on any atom is -0.465 e. The van der Waals surface area contributed by atoms with Crippen LogP contribution in [0.4, 0.5) is 5.69 Å². The Kier molecular flexibility index (Phi) is 10.3. The number of esters is 1. The molecule has 1 atom stereocenters. The Bertz CT molecular complexity index is 1230. The lowest BCUT2D eigenvalue weighted by atomic mass is 10.1. The number of benzene rings is 2. The van der Waals surface area contributed by atoms with E-state index in [1.165, 1.54) is 36.4 Å². The van der Waals surface area contributed by atoms with Gasteiger partial charge in [-0.15, -0.1) is 0 Å². The molecule has 0 bridgehead atoms. The lowest BCUT2D eigenvalue weighted by Gasteiger charge is -2.17. The van der Waals surface area contributed by atoms with Crippen molar-refractivity contribution in [3.05, 3.63) is 69.8 Å². The number of hydrogen-bond donors (Lipinski definition) is 2. The largest absolute Gasteiger partial charge is 0.465 e. The molecular weight excluding hydrogens is 498 g/mol. The molecule has 35 heavy (non-hydrogen) atoms. The van der Waals surface area contributed by atoms with Crippen molar-refractivity contribution in [3.8, 4) is 0 Å². The number of sulfonamides is 2. The van der Waals surface area contributed by atoms with E-state index in [9.17, 15) is 31.7 Å². The number of unbranched alkanes of at least 4 members (excludes halogenated alkanes) is 1.